The van der Waals surface area contributed by atoms with E-state index in [0.29, 0.717) is 0 Å². The molecule has 3 nitrogen and oxygen atoms in total. The van der Waals surface area contributed by atoms with Crippen LogP contribution in [0.15, 0.2) is 285 Å². The zero-order chi connectivity index (χ0) is 49.9. The van der Waals surface area contributed by atoms with Crippen LogP contribution in [0.5, 0.6) is 0 Å². The second kappa shape index (κ2) is 16.5. The molecule has 0 amide bonds. The summed E-state index contributed by atoms with van der Waals surface area (Å²) in [5, 5.41) is 5.04. The molecule has 0 radical (unpaired) electrons. The first-order valence-electron chi connectivity index (χ1n) is 26.3. The van der Waals surface area contributed by atoms with Crippen LogP contribution >= 0.6 is 0 Å². The van der Waals surface area contributed by atoms with Gasteiger partial charge in [0.2, 0.25) is 0 Å². The number of aromatic nitrogens is 2. The molecule has 354 valence electrons. The fourth-order valence-electron chi connectivity index (χ4n) is 13.4. The molecule has 1 spiro atoms. The van der Waals surface area contributed by atoms with E-state index in [1.807, 2.05) is 0 Å². The molecule has 0 bridgehead atoms. The molecule has 1 aliphatic heterocycles. The first-order valence-corrected chi connectivity index (χ1v) is 26.3. The number of rotatable bonds is 7. The highest BCUT2D eigenvalue weighted by Gasteiger charge is 2.51. The normalized spacial score (nSPS) is 14.1. The molecule has 0 saturated carbocycles. The lowest BCUT2D eigenvalue weighted by atomic mass is 9.65. The molecule has 2 aromatic heterocycles. The summed E-state index contributed by atoms with van der Waals surface area (Å²) in [5.74, 6) is 0. The number of fused-ring (bicyclic) bond motifs is 15. The molecule has 0 fully saturated rings. The minimum atomic E-state index is -0.592. The predicted octanol–water partition coefficient (Wildman–Crippen LogP) is 19.0. The maximum atomic E-state index is 2.53. The molecule has 1 atom stereocenters. The Morgan fingerprint density at radius 2 is 0.803 bits per heavy atom. The summed E-state index contributed by atoms with van der Waals surface area (Å²) in [7, 11) is 0. The molecule has 1 unspecified atom stereocenters. The SMILES string of the molecule is c1ccc(-c2ccc(-c3ccccc3N(c3ccc(-c4ccc5c6ccccc6n(-c6ccccc6)c5c4)cc3)c3cccc4c3-c3ccccc3C43c4ccccc4-n4c5ccccc5c5cccc3c54)cc2)cc1. The van der Waals surface area contributed by atoms with Crippen molar-refractivity contribution in [2.45, 2.75) is 5.41 Å². The van der Waals surface area contributed by atoms with E-state index >= 15 is 0 Å². The monoisotopic (exact) mass is 965 g/mol. The van der Waals surface area contributed by atoms with Gasteiger partial charge in [-0.2, -0.15) is 0 Å². The average Bonchev–Trinajstić information content (AvgIpc) is 4.16. The van der Waals surface area contributed by atoms with Crippen molar-refractivity contribution in [3.05, 3.63) is 307 Å². The van der Waals surface area contributed by atoms with Crippen molar-refractivity contribution in [2.24, 2.45) is 0 Å². The lowest BCUT2D eigenvalue weighted by Crippen LogP contribution is -2.33. The van der Waals surface area contributed by atoms with Gasteiger partial charge in [-0.05, 0) is 116 Å². The van der Waals surface area contributed by atoms with E-state index < -0.39 is 5.41 Å². The molecule has 2 aliphatic rings. The number of nitrogens with zero attached hydrogens (tertiary/aromatic N) is 3. The van der Waals surface area contributed by atoms with E-state index in [0.717, 1.165) is 39.4 Å². The van der Waals surface area contributed by atoms with Crippen LogP contribution in [0.1, 0.15) is 22.3 Å². The molecule has 3 heteroatoms. The lowest BCUT2D eigenvalue weighted by Gasteiger charge is -2.39. The van der Waals surface area contributed by atoms with Crippen molar-refractivity contribution in [1.29, 1.82) is 0 Å². The van der Waals surface area contributed by atoms with Gasteiger partial charge in [0.1, 0.15) is 0 Å². The Kier molecular flexibility index (Phi) is 9.25. The van der Waals surface area contributed by atoms with Gasteiger partial charge in [-0.1, -0.05) is 224 Å². The summed E-state index contributed by atoms with van der Waals surface area (Å²) in [6, 6.07) is 106. The van der Waals surface area contributed by atoms with Crippen molar-refractivity contribution < 1.29 is 0 Å². The molecule has 1 aliphatic carbocycles. The van der Waals surface area contributed by atoms with Gasteiger partial charge in [0.05, 0.1) is 44.5 Å². The van der Waals surface area contributed by atoms with Crippen molar-refractivity contribution in [1.82, 2.24) is 9.13 Å². The summed E-state index contributed by atoms with van der Waals surface area (Å²) in [6.07, 6.45) is 0. The number of benzene rings is 12. The van der Waals surface area contributed by atoms with E-state index in [-0.39, 0.29) is 0 Å². The van der Waals surface area contributed by atoms with Gasteiger partial charge in [-0.25, -0.2) is 0 Å². The smallest absolute Gasteiger partial charge is 0.0755 e. The zero-order valence-corrected chi connectivity index (χ0v) is 41.5. The van der Waals surface area contributed by atoms with Gasteiger partial charge in [0, 0.05) is 44.0 Å². The van der Waals surface area contributed by atoms with Gasteiger partial charge in [0.15, 0.2) is 0 Å². The van der Waals surface area contributed by atoms with Crippen LogP contribution in [0.25, 0.3) is 99.5 Å². The highest BCUT2D eigenvalue weighted by molar-refractivity contribution is 6.14. The highest BCUT2D eigenvalue weighted by atomic mass is 15.1. The standard InChI is InChI=1S/C73H47N3/c1-3-19-48(20-4-1)49-37-39-51(40-38-49)55-23-8-13-32-65(55)74(54-44-41-50(42-45-54)52-43-46-58-56-24-9-14-33-66(56)75(70(58)47-52)53-21-5-2-6-22-53)69-36-18-30-63-71(69)60-26-7-11-28-61(60)73(63)62-29-12-16-35-68(62)76-67-34-15-10-25-57(67)59-27-17-31-64(73)72(59)76/h1-47H. The fraction of sp³-hybridized carbons (Fsp3) is 0.0137. The van der Waals surface area contributed by atoms with E-state index in [2.05, 4.69) is 299 Å². The highest BCUT2D eigenvalue weighted by Crippen LogP contribution is 2.63. The van der Waals surface area contributed by atoms with Crippen LogP contribution in [-0.4, -0.2) is 9.13 Å². The van der Waals surface area contributed by atoms with Crippen LogP contribution in [0.2, 0.25) is 0 Å². The van der Waals surface area contributed by atoms with Gasteiger partial charge in [0.25, 0.3) is 0 Å². The van der Waals surface area contributed by atoms with Crippen molar-refractivity contribution >= 4 is 60.7 Å². The van der Waals surface area contributed by atoms with E-state index in [4.69, 9.17) is 0 Å². The van der Waals surface area contributed by atoms with Crippen LogP contribution in [0.4, 0.5) is 17.1 Å². The quantitative estimate of drug-likeness (QED) is 0.155. The summed E-state index contributed by atoms with van der Waals surface area (Å²) < 4.78 is 4.93. The van der Waals surface area contributed by atoms with Gasteiger partial charge >= 0.3 is 0 Å². The van der Waals surface area contributed by atoms with Crippen molar-refractivity contribution in [2.75, 3.05) is 4.90 Å². The Hall–Kier alpha value is -9.96. The maximum Gasteiger partial charge on any atom is 0.0755 e. The zero-order valence-electron chi connectivity index (χ0n) is 41.5. The first-order chi connectivity index (χ1) is 37.7. The molecule has 76 heavy (non-hydrogen) atoms. The Morgan fingerprint density at radius 3 is 1.61 bits per heavy atom. The summed E-state index contributed by atoms with van der Waals surface area (Å²) in [6.45, 7) is 0. The number of para-hydroxylation sites is 6. The van der Waals surface area contributed by atoms with Crippen LogP contribution < -0.4 is 4.90 Å². The predicted molar refractivity (Wildman–Crippen MR) is 317 cm³/mol. The Bertz CT molecular complexity index is 4620. The van der Waals surface area contributed by atoms with Crippen molar-refractivity contribution in [3.63, 3.8) is 0 Å². The molecule has 3 heterocycles. The third kappa shape index (κ3) is 5.99. The minimum Gasteiger partial charge on any atom is -0.309 e. The minimum absolute atomic E-state index is 0.592. The second-order valence-electron chi connectivity index (χ2n) is 20.3. The molecule has 12 aromatic carbocycles. The maximum absolute atomic E-state index is 2.53. The summed E-state index contributed by atoms with van der Waals surface area (Å²) in [5.41, 5.74) is 24.7. The molecular weight excluding hydrogens is 919 g/mol. The van der Waals surface area contributed by atoms with Crippen LogP contribution in [-0.2, 0) is 5.41 Å². The van der Waals surface area contributed by atoms with E-state index in [1.54, 1.807) is 0 Å². The lowest BCUT2D eigenvalue weighted by molar-refractivity contribution is 0.748. The molecule has 16 rings (SSSR count). The van der Waals surface area contributed by atoms with Crippen molar-refractivity contribution in [3.8, 4) is 55.9 Å². The van der Waals surface area contributed by atoms with Gasteiger partial charge < -0.3 is 14.0 Å². The van der Waals surface area contributed by atoms with E-state index in [1.165, 1.54) is 99.4 Å². The molecular formula is C73H47N3. The Morgan fingerprint density at radius 1 is 0.289 bits per heavy atom. The second-order valence-corrected chi connectivity index (χ2v) is 20.3. The number of hydrogen-bond acceptors (Lipinski definition) is 1. The molecule has 14 aromatic rings. The topological polar surface area (TPSA) is 13.1 Å². The fourth-order valence-corrected chi connectivity index (χ4v) is 13.4. The molecule has 0 N–H and O–H groups in total. The van der Waals surface area contributed by atoms with Gasteiger partial charge in [-0.15, -0.1) is 0 Å². The Balaban J connectivity index is 0.924. The van der Waals surface area contributed by atoms with Crippen LogP contribution in [0, 0.1) is 0 Å². The average molecular weight is 966 g/mol. The number of hydrogen-bond donors (Lipinski definition) is 0. The largest absolute Gasteiger partial charge is 0.309 e. The molecule has 0 saturated heterocycles. The summed E-state index contributed by atoms with van der Waals surface area (Å²) in [4.78, 5) is 2.53. The van der Waals surface area contributed by atoms with Crippen LogP contribution in [0.3, 0.4) is 0 Å². The van der Waals surface area contributed by atoms with Gasteiger partial charge in [-0.3, -0.25) is 0 Å². The third-order valence-corrected chi connectivity index (χ3v) is 16.5. The Labute approximate surface area is 441 Å². The summed E-state index contributed by atoms with van der Waals surface area (Å²) >= 11 is 0. The first kappa shape index (κ1) is 42.5. The third-order valence-electron chi connectivity index (χ3n) is 16.5. The van der Waals surface area contributed by atoms with E-state index in [9.17, 15) is 0 Å². The number of anilines is 3.